The summed E-state index contributed by atoms with van der Waals surface area (Å²) < 4.78 is 10.1. The van der Waals surface area contributed by atoms with E-state index < -0.39 is 0 Å². The van der Waals surface area contributed by atoms with E-state index in [1.54, 1.807) is 13.3 Å². The second-order valence-electron chi connectivity index (χ2n) is 1.64. The summed E-state index contributed by atoms with van der Waals surface area (Å²) in [4.78, 5) is 3.97. The van der Waals surface area contributed by atoms with Gasteiger partial charge in [-0.25, -0.2) is 0 Å². The van der Waals surface area contributed by atoms with Crippen molar-refractivity contribution in [1.82, 2.24) is 4.98 Å². The van der Waals surface area contributed by atoms with Crippen molar-refractivity contribution in [3.05, 3.63) is 22.0 Å². The third kappa shape index (κ3) is 1.53. The van der Waals surface area contributed by atoms with Crippen molar-refractivity contribution in [3.63, 3.8) is 0 Å². The fourth-order valence-corrected chi connectivity index (χ4v) is 1.76. The van der Waals surface area contributed by atoms with Crippen LogP contribution in [0.4, 0.5) is 0 Å². The number of hydrogen-bond donors (Lipinski definition) is 0. The molecule has 0 atom stereocenters. The lowest BCUT2D eigenvalue weighted by atomic mass is 10.5. The highest BCUT2D eigenvalue weighted by atomic mass is 127. The summed E-state index contributed by atoms with van der Waals surface area (Å²) in [5.41, 5.74) is 0. The molecule has 1 rings (SSSR count). The van der Waals surface area contributed by atoms with Gasteiger partial charge in [0.2, 0.25) is 0 Å². The van der Waals surface area contributed by atoms with E-state index in [4.69, 9.17) is 4.74 Å². The number of nitrogens with zero attached hydrogens (tertiary/aromatic N) is 1. The summed E-state index contributed by atoms with van der Waals surface area (Å²) in [6.07, 6.45) is 3.54. The molecule has 0 bridgehead atoms. The summed E-state index contributed by atoms with van der Waals surface area (Å²) >= 11 is -0.156. The van der Waals surface area contributed by atoms with E-state index in [1.165, 1.54) is 0 Å². The Morgan fingerprint density at radius 3 is 3.00 bits per heavy atom. The number of methoxy groups -OCH3 is 1. The number of ether oxygens (including phenoxy) is 1. The Labute approximate surface area is 70.0 Å². The molecule has 2 nitrogen and oxygen atoms in total. The third-order valence-electron chi connectivity index (χ3n) is 1.10. The highest BCUT2D eigenvalue weighted by Gasteiger charge is 1.95. The van der Waals surface area contributed by atoms with E-state index in [1.807, 2.05) is 12.3 Å². The molecule has 0 fully saturated rings. The van der Waals surface area contributed by atoms with Gasteiger partial charge in [0, 0.05) is 12.4 Å². The lowest BCUT2D eigenvalue weighted by Gasteiger charge is -2.00. The first kappa shape index (κ1) is 7.65. The summed E-state index contributed by atoms with van der Waals surface area (Å²) in [6.45, 7) is 0. The van der Waals surface area contributed by atoms with Gasteiger partial charge in [-0.1, -0.05) is 25.2 Å². The summed E-state index contributed by atoms with van der Waals surface area (Å²) in [5.74, 6) is 0.915. The molecule has 0 saturated carbocycles. The minimum Gasteiger partial charge on any atom is -0.496 e. The van der Waals surface area contributed by atoms with Crippen molar-refractivity contribution in [2.75, 3.05) is 7.11 Å². The summed E-state index contributed by atoms with van der Waals surface area (Å²) in [5, 5.41) is 0. The van der Waals surface area contributed by atoms with Gasteiger partial charge < -0.3 is 4.74 Å². The Morgan fingerprint density at radius 1 is 1.70 bits per heavy atom. The van der Waals surface area contributed by atoms with E-state index in [9.17, 15) is 0 Å². The zero-order valence-corrected chi connectivity index (χ0v) is 7.83. The molecule has 10 heavy (non-hydrogen) atoms. The van der Waals surface area contributed by atoms with Gasteiger partial charge in [-0.05, 0) is 6.07 Å². The molecule has 0 aliphatic rings. The van der Waals surface area contributed by atoms with Gasteiger partial charge >= 0.3 is 0 Å². The Balaban J connectivity index is 3.08. The Kier molecular flexibility index (Phi) is 2.80. The van der Waals surface area contributed by atoms with E-state index in [-0.39, 0.29) is 20.7 Å². The second-order valence-corrected chi connectivity index (χ2v) is 3.57. The van der Waals surface area contributed by atoms with Crippen LogP contribution in [-0.4, -0.2) is 16.6 Å². The maximum absolute atomic E-state index is 5.08. The Bertz CT molecular complexity index is 237. The molecule has 3 heteroatoms. The number of hydrogen-bond acceptors (Lipinski definition) is 2. The predicted octanol–water partition coefficient (Wildman–Crippen LogP) is 1.66. The molecule has 0 saturated heterocycles. The monoisotopic (exact) mass is 249 g/mol. The average molecular weight is 249 g/mol. The van der Waals surface area contributed by atoms with Gasteiger partial charge in [0.15, 0.2) is 0 Å². The van der Waals surface area contributed by atoms with Gasteiger partial charge in [-0.3, -0.25) is 4.98 Å². The molecule has 54 valence electrons. The molecule has 1 aromatic rings. The predicted molar refractivity (Wildman–Crippen MR) is 50.6 cm³/mol. The molecule has 1 aromatic heterocycles. The minimum absolute atomic E-state index is 0.156. The van der Waals surface area contributed by atoms with Gasteiger partial charge in [-0.15, -0.1) is 0 Å². The first-order chi connectivity index (χ1) is 4.88. The largest absolute Gasteiger partial charge is 0.496 e. The number of pyridine rings is 1. The van der Waals surface area contributed by atoms with Crippen molar-refractivity contribution in [2.24, 2.45) is 0 Å². The van der Waals surface area contributed by atoms with Crippen LogP contribution in [0.15, 0.2) is 18.5 Å². The molecule has 0 unspecified atom stereocenters. The van der Waals surface area contributed by atoms with Gasteiger partial charge in [0.25, 0.3) is 0 Å². The standard InChI is InChI=1S/C7H8INO/c1-8-6-5-9-4-3-7(6)10-2/h3-5H,1H2,2H3. The zero-order chi connectivity index (χ0) is 7.40. The van der Waals surface area contributed by atoms with Crippen molar-refractivity contribution in [2.45, 2.75) is 0 Å². The molecule has 0 spiro atoms. The lowest BCUT2D eigenvalue weighted by molar-refractivity contribution is 0.411. The van der Waals surface area contributed by atoms with Crippen LogP contribution in [0.3, 0.4) is 0 Å². The maximum atomic E-state index is 5.08. The quantitative estimate of drug-likeness (QED) is 0.743. The van der Waals surface area contributed by atoms with Crippen LogP contribution in [0, 0.1) is 3.57 Å². The average Bonchev–Trinajstić information content (AvgIpc) is 2.04. The lowest BCUT2D eigenvalue weighted by Crippen LogP contribution is -1.86. The van der Waals surface area contributed by atoms with Gasteiger partial charge in [0.05, 0.1) is 10.7 Å². The summed E-state index contributed by atoms with van der Waals surface area (Å²) in [7, 11) is 1.66. The Hall–Kier alpha value is -0.450. The highest BCUT2D eigenvalue weighted by molar-refractivity contribution is 14.2. The maximum Gasteiger partial charge on any atom is 0.134 e. The van der Waals surface area contributed by atoms with E-state index in [0.717, 1.165) is 9.32 Å². The Morgan fingerprint density at radius 2 is 2.50 bits per heavy atom. The van der Waals surface area contributed by atoms with E-state index >= 15 is 0 Å². The van der Waals surface area contributed by atoms with Crippen molar-refractivity contribution >= 4 is 25.2 Å². The van der Waals surface area contributed by atoms with Crippen LogP contribution in [0.1, 0.15) is 0 Å². The minimum atomic E-state index is -0.156. The van der Waals surface area contributed by atoms with Gasteiger partial charge in [0.1, 0.15) is 5.75 Å². The van der Waals surface area contributed by atoms with Crippen molar-refractivity contribution in [3.8, 4) is 5.75 Å². The first-order valence-corrected chi connectivity index (χ1v) is 5.35. The fraction of sp³-hybridized carbons (Fsp3) is 0.143. The zero-order valence-electron chi connectivity index (χ0n) is 5.67. The molecule has 0 aromatic carbocycles. The normalized spacial score (nSPS) is 9.30. The molecule has 0 N–H and O–H groups in total. The topological polar surface area (TPSA) is 22.1 Å². The van der Waals surface area contributed by atoms with Crippen molar-refractivity contribution in [1.29, 1.82) is 0 Å². The number of aromatic nitrogens is 1. The highest BCUT2D eigenvalue weighted by Crippen LogP contribution is 2.20. The van der Waals surface area contributed by atoms with E-state index in [2.05, 4.69) is 9.50 Å². The summed E-state index contributed by atoms with van der Waals surface area (Å²) in [6, 6.07) is 1.86. The SMILES string of the molecule is C=Ic1cnccc1OC. The third-order valence-corrected chi connectivity index (χ3v) is 2.73. The van der Waals surface area contributed by atoms with Crippen LogP contribution >= 0.6 is 20.7 Å². The molecule has 0 amide bonds. The van der Waals surface area contributed by atoms with Crippen LogP contribution in [0.5, 0.6) is 5.75 Å². The molecule has 0 aliphatic heterocycles. The van der Waals surface area contributed by atoms with Crippen LogP contribution < -0.4 is 4.74 Å². The molecule has 1 heterocycles. The number of rotatable bonds is 2. The van der Waals surface area contributed by atoms with Crippen LogP contribution in [0.25, 0.3) is 0 Å². The molecular formula is C7H8INO. The second kappa shape index (κ2) is 3.65. The van der Waals surface area contributed by atoms with Crippen molar-refractivity contribution < 1.29 is 4.74 Å². The number of halogens is 1. The fourth-order valence-electron chi connectivity index (χ4n) is 0.628. The molecular weight excluding hydrogens is 241 g/mol. The van der Waals surface area contributed by atoms with E-state index in [0.29, 0.717) is 0 Å². The van der Waals surface area contributed by atoms with Gasteiger partial charge in [-0.2, -0.15) is 0 Å². The molecule has 0 radical (unpaired) electrons. The first-order valence-electron chi connectivity index (χ1n) is 2.75. The van der Waals surface area contributed by atoms with Crippen LogP contribution in [0.2, 0.25) is 0 Å². The molecule has 0 aliphatic carbocycles. The van der Waals surface area contributed by atoms with Crippen LogP contribution in [-0.2, 0) is 0 Å². The smallest absolute Gasteiger partial charge is 0.134 e.